The second kappa shape index (κ2) is 12.4. The first-order valence-electron chi connectivity index (χ1n) is 4.70. The fourth-order valence-electron chi connectivity index (χ4n) is 0.769. The number of terminal acetylenes is 1. The van der Waals surface area contributed by atoms with E-state index in [2.05, 4.69) is 11.2 Å². The maximum absolute atomic E-state index is 5.26. The molecule has 0 unspecified atom stereocenters. The van der Waals surface area contributed by atoms with Crippen molar-refractivity contribution in [3.05, 3.63) is 0 Å². The Morgan fingerprint density at radius 3 is 2.36 bits per heavy atom. The van der Waals surface area contributed by atoms with Gasteiger partial charge in [0.2, 0.25) is 0 Å². The van der Waals surface area contributed by atoms with E-state index < -0.39 is 0 Å². The van der Waals surface area contributed by atoms with E-state index >= 15 is 0 Å². The number of hydrogen-bond donors (Lipinski definition) is 1. The standard InChI is InChI=1S/C10H19NO3/c1-3-4-11-5-6-13-9-10-14-8-7-12-2/h1,11H,4-10H2,2H3. The van der Waals surface area contributed by atoms with Crippen molar-refractivity contribution in [3.63, 3.8) is 0 Å². The number of ether oxygens (including phenoxy) is 3. The highest BCUT2D eigenvalue weighted by atomic mass is 16.5. The molecule has 4 nitrogen and oxygen atoms in total. The zero-order valence-corrected chi connectivity index (χ0v) is 8.75. The molecule has 0 amide bonds. The van der Waals surface area contributed by atoms with Gasteiger partial charge in [0.25, 0.3) is 0 Å². The molecule has 0 aromatic carbocycles. The van der Waals surface area contributed by atoms with E-state index in [-0.39, 0.29) is 0 Å². The Balaban J connectivity index is 2.82. The van der Waals surface area contributed by atoms with Crippen molar-refractivity contribution < 1.29 is 14.2 Å². The molecule has 4 heteroatoms. The van der Waals surface area contributed by atoms with E-state index in [4.69, 9.17) is 20.6 Å². The lowest BCUT2D eigenvalue weighted by atomic mass is 10.6. The maximum Gasteiger partial charge on any atom is 0.0701 e. The van der Waals surface area contributed by atoms with Crippen molar-refractivity contribution in [2.24, 2.45) is 0 Å². The first kappa shape index (κ1) is 13.4. The molecule has 0 aliphatic carbocycles. The molecule has 0 fully saturated rings. The predicted molar refractivity (Wildman–Crippen MR) is 55.2 cm³/mol. The predicted octanol–water partition coefficient (Wildman–Crippen LogP) is -0.111. The summed E-state index contributed by atoms with van der Waals surface area (Å²) in [5.74, 6) is 2.49. The summed E-state index contributed by atoms with van der Waals surface area (Å²) in [7, 11) is 1.65. The summed E-state index contributed by atoms with van der Waals surface area (Å²) in [6.45, 7) is 4.50. The van der Waals surface area contributed by atoms with Gasteiger partial charge in [-0.25, -0.2) is 0 Å². The summed E-state index contributed by atoms with van der Waals surface area (Å²) < 4.78 is 15.3. The van der Waals surface area contributed by atoms with Crippen LogP contribution in [0.3, 0.4) is 0 Å². The fraction of sp³-hybridized carbons (Fsp3) is 0.800. The Bertz CT molecular complexity index is 145. The average molecular weight is 201 g/mol. The summed E-state index contributed by atoms with van der Waals surface area (Å²) >= 11 is 0. The topological polar surface area (TPSA) is 39.7 Å². The van der Waals surface area contributed by atoms with Gasteiger partial charge in [0.1, 0.15) is 0 Å². The molecule has 0 aromatic rings. The summed E-state index contributed by atoms with van der Waals surface area (Å²) in [5.41, 5.74) is 0. The Hall–Kier alpha value is -0.600. The van der Waals surface area contributed by atoms with Crippen LogP contribution < -0.4 is 5.32 Å². The summed E-state index contributed by atoms with van der Waals surface area (Å²) in [5, 5.41) is 3.02. The van der Waals surface area contributed by atoms with E-state index in [9.17, 15) is 0 Å². The second-order valence-electron chi connectivity index (χ2n) is 2.60. The van der Waals surface area contributed by atoms with Crippen molar-refractivity contribution in [3.8, 4) is 12.3 Å². The molecule has 0 aliphatic heterocycles. The number of rotatable bonds is 10. The Labute approximate surface area is 85.9 Å². The number of nitrogens with one attached hydrogen (secondary N) is 1. The van der Waals surface area contributed by atoms with Crippen molar-refractivity contribution >= 4 is 0 Å². The van der Waals surface area contributed by atoms with Crippen LogP contribution in [0.15, 0.2) is 0 Å². The zero-order valence-electron chi connectivity index (χ0n) is 8.75. The van der Waals surface area contributed by atoms with E-state index in [1.807, 2.05) is 0 Å². The fourth-order valence-corrected chi connectivity index (χ4v) is 0.769. The lowest BCUT2D eigenvalue weighted by Crippen LogP contribution is -2.20. The van der Waals surface area contributed by atoms with Gasteiger partial charge in [0.05, 0.1) is 39.6 Å². The third kappa shape index (κ3) is 11.4. The van der Waals surface area contributed by atoms with Crippen molar-refractivity contribution in [2.45, 2.75) is 0 Å². The number of methoxy groups -OCH3 is 1. The highest BCUT2D eigenvalue weighted by Gasteiger charge is 1.89. The Kier molecular flexibility index (Phi) is 11.9. The molecule has 0 heterocycles. The lowest BCUT2D eigenvalue weighted by Gasteiger charge is -2.05. The van der Waals surface area contributed by atoms with Gasteiger partial charge in [0, 0.05) is 13.7 Å². The molecule has 82 valence electrons. The highest BCUT2D eigenvalue weighted by Crippen LogP contribution is 1.78. The van der Waals surface area contributed by atoms with Crippen LogP contribution in [0.2, 0.25) is 0 Å². The molecule has 0 aliphatic rings. The van der Waals surface area contributed by atoms with Gasteiger partial charge in [0.15, 0.2) is 0 Å². The van der Waals surface area contributed by atoms with E-state index in [0.717, 1.165) is 6.54 Å². The van der Waals surface area contributed by atoms with Gasteiger partial charge < -0.3 is 19.5 Å². The van der Waals surface area contributed by atoms with Crippen LogP contribution in [0.4, 0.5) is 0 Å². The van der Waals surface area contributed by atoms with Crippen molar-refractivity contribution in [2.75, 3.05) is 53.2 Å². The molecule has 0 bridgehead atoms. The Morgan fingerprint density at radius 2 is 1.71 bits per heavy atom. The molecule has 0 atom stereocenters. The molecule has 0 aromatic heterocycles. The molecule has 1 N–H and O–H groups in total. The smallest absolute Gasteiger partial charge is 0.0701 e. The lowest BCUT2D eigenvalue weighted by molar-refractivity contribution is 0.0257. The third-order valence-corrected chi connectivity index (χ3v) is 1.45. The van der Waals surface area contributed by atoms with Gasteiger partial charge in [-0.15, -0.1) is 6.42 Å². The zero-order chi connectivity index (χ0) is 10.5. The molecular weight excluding hydrogens is 182 g/mol. The van der Waals surface area contributed by atoms with Crippen LogP contribution in [0.1, 0.15) is 0 Å². The van der Waals surface area contributed by atoms with Crippen LogP contribution in [0.25, 0.3) is 0 Å². The van der Waals surface area contributed by atoms with Crippen LogP contribution in [-0.2, 0) is 14.2 Å². The number of hydrogen-bond acceptors (Lipinski definition) is 4. The van der Waals surface area contributed by atoms with Crippen LogP contribution in [-0.4, -0.2) is 53.2 Å². The van der Waals surface area contributed by atoms with Gasteiger partial charge >= 0.3 is 0 Å². The SMILES string of the molecule is C#CCNCCOCCOCCOC. The van der Waals surface area contributed by atoms with E-state index in [1.165, 1.54) is 0 Å². The monoisotopic (exact) mass is 201 g/mol. The summed E-state index contributed by atoms with van der Waals surface area (Å²) in [6, 6.07) is 0. The van der Waals surface area contributed by atoms with Crippen molar-refractivity contribution in [1.82, 2.24) is 5.32 Å². The van der Waals surface area contributed by atoms with Crippen LogP contribution in [0.5, 0.6) is 0 Å². The summed E-state index contributed by atoms with van der Waals surface area (Å²) in [6.07, 6.45) is 5.05. The molecule has 0 saturated carbocycles. The van der Waals surface area contributed by atoms with Crippen LogP contribution >= 0.6 is 0 Å². The minimum Gasteiger partial charge on any atom is -0.382 e. The normalized spacial score (nSPS) is 10.0. The summed E-state index contributed by atoms with van der Waals surface area (Å²) in [4.78, 5) is 0. The molecular formula is C10H19NO3. The highest BCUT2D eigenvalue weighted by molar-refractivity contribution is 4.86. The van der Waals surface area contributed by atoms with Gasteiger partial charge in [-0.3, -0.25) is 0 Å². The minimum atomic E-state index is 0.591. The molecule has 0 radical (unpaired) electrons. The molecule has 0 saturated heterocycles. The second-order valence-corrected chi connectivity index (χ2v) is 2.60. The van der Waals surface area contributed by atoms with Crippen molar-refractivity contribution in [1.29, 1.82) is 0 Å². The largest absolute Gasteiger partial charge is 0.382 e. The molecule has 0 spiro atoms. The first-order chi connectivity index (χ1) is 6.91. The van der Waals surface area contributed by atoms with Gasteiger partial charge in [-0.2, -0.15) is 0 Å². The quantitative estimate of drug-likeness (QED) is 0.395. The van der Waals surface area contributed by atoms with E-state index in [1.54, 1.807) is 7.11 Å². The van der Waals surface area contributed by atoms with Gasteiger partial charge in [-0.05, 0) is 0 Å². The molecule has 0 rings (SSSR count). The third-order valence-electron chi connectivity index (χ3n) is 1.45. The minimum absolute atomic E-state index is 0.591. The Morgan fingerprint density at radius 1 is 1.07 bits per heavy atom. The molecule has 14 heavy (non-hydrogen) atoms. The van der Waals surface area contributed by atoms with E-state index in [0.29, 0.717) is 39.6 Å². The first-order valence-corrected chi connectivity index (χ1v) is 4.70. The maximum atomic E-state index is 5.26. The average Bonchev–Trinajstić information content (AvgIpc) is 2.21. The van der Waals surface area contributed by atoms with Crippen LogP contribution in [0, 0.1) is 12.3 Å². The van der Waals surface area contributed by atoms with Gasteiger partial charge in [-0.1, -0.05) is 5.92 Å².